The van der Waals surface area contributed by atoms with Crippen molar-refractivity contribution in [3.05, 3.63) is 59.2 Å². The Kier molecular flexibility index (Phi) is 7.28. The normalized spacial score (nSPS) is 13.6. The van der Waals surface area contributed by atoms with Crippen LogP contribution in [0.4, 0.5) is 5.69 Å². The van der Waals surface area contributed by atoms with E-state index in [0.29, 0.717) is 26.0 Å². The Morgan fingerprint density at radius 1 is 1.10 bits per heavy atom. The number of carbonyl (C=O) groups excluding carboxylic acids is 2. The summed E-state index contributed by atoms with van der Waals surface area (Å²) in [5.41, 5.74) is 4.29. The van der Waals surface area contributed by atoms with Crippen molar-refractivity contribution >= 4 is 17.5 Å². The highest BCUT2D eigenvalue weighted by atomic mass is 16.5. The van der Waals surface area contributed by atoms with Crippen molar-refractivity contribution in [1.29, 1.82) is 0 Å². The lowest BCUT2D eigenvalue weighted by Gasteiger charge is -2.16. The number of hydrogen-bond donors (Lipinski definition) is 1. The molecule has 1 aliphatic rings. The molecular formula is C24H30N2O3. The molecule has 1 saturated heterocycles. The van der Waals surface area contributed by atoms with Crippen molar-refractivity contribution in [2.24, 2.45) is 0 Å². The fourth-order valence-corrected chi connectivity index (χ4v) is 3.44. The third-order valence-corrected chi connectivity index (χ3v) is 5.21. The Hall–Kier alpha value is -2.82. The van der Waals surface area contributed by atoms with Gasteiger partial charge < -0.3 is 15.0 Å². The molecule has 0 aliphatic carbocycles. The number of hydrogen-bond acceptors (Lipinski definition) is 3. The van der Waals surface area contributed by atoms with Crippen LogP contribution in [0.2, 0.25) is 0 Å². The zero-order valence-corrected chi connectivity index (χ0v) is 17.4. The van der Waals surface area contributed by atoms with Gasteiger partial charge in [-0.2, -0.15) is 0 Å². The predicted molar refractivity (Wildman–Crippen MR) is 115 cm³/mol. The lowest BCUT2D eigenvalue weighted by molar-refractivity contribution is -0.121. The average molecular weight is 395 g/mol. The monoisotopic (exact) mass is 394 g/mol. The molecule has 29 heavy (non-hydrogen) atoms. The third-order valence-electron chi connectivity index (χ3n) is 5.21. The summed E-state index contributed by atoms with van der Waals surface area (Å²) in [6.07, 6.45) is 3.70. The molecule has 3 rings (SSSR count). The number of anilines is 1. The lowest BCUT2D eigenvalue weighted by atomic mass is 10.1. The fraction of sp³-hybridized carbons (Fsp3) is 0.417. The van der Waals surface area contributed by atoms with Gasteiger partial charge in [-0.25, -0.2) is 0 Å². The second kappa shape index (κ2) is 10.1. The number of rotatable bonds is 9. The number of unbranched alkanes of at least 4 members (excludes halogenated alkanes) is 1. The number of nitrogens with zero attached hydrogens (tertiary/aromatic N) is 1. The molecule has 1 fully saturated rings. The van der Waals surface area contributed by atoms with Gasteiger partial charge in [-0.3, -0.25) is 9.59 Å². The van der Waals surface area contributed by atoms with Crippen molar-refractivity contribution in [3.8, 4) is 5.75 Å². The number of ether oxygens (including phenoxy) is 1. The van der Waals surface area contributed by atoms with Crippen LogP contribution in [-0.4, -0.2) is 25.0 Å². The number of benzene rings is 2. The summed E-state index contributed by atoms with van der Waals surface area (Å²) in [6, 6.07) is 14.0. The minimum atomic E-state index is 0.0514. The van der Waals surface area contributed by atoms with E-state index in [-0.39, 0.29) is 11.8 Å². The molecule has 0 radical (unpaired) electrons. The molecule has 0 bridgehead atoms. The third kappa shape index (κ3) is 6.08. The molecule has 0 saturated carbocycles. The van der Waals surface area contributed by atoms with Gasteiger partial charge in [0, 0.05) is 31.6 Å². The van der Waals surface area contributed by atoms with Gasteiger partial charge in [0.05, 0.1) is 6.61 Å². The minimum Gasteiger partial charge on any atom is -0.493 e. The number of aryl methyl sites for hydroxylation is 2. The molecule has 2 aromatic carbocycles. The van der Waals surface area contributed by atoms with Gasteiger partial charge in [-0.15, -0.1) is 0 Å². The first-order chi connectivity index (χ1) is 14.0. The van der Waals surface area contributed by atoms with Gasteiger partial charge in [0.15, 0.2) is 0 Å². The molecule has 2 aromatic rings. The predicted octanol–water partition coefficient (Wildman–Crippen LogP) is 4.30. The largest absolute Gasteiger partial charge is 0.493 e. The molecule has 1 heterocycles. The maximum absolute atomic E-state index is 12.1. The van der Waals surface area contributed by atoms with Crippen LogP contribution in [0.1, 0.15) is 48.8 Å². The summed E-state index contributed by atoms with van der Waals surface area (Å²) >= 11 is 0. The van der Waals surface area contributed by atoms with Gasteiger partial charge in [0.25, 0.3) is 0 Å². The number of amides is 2. The van der Waals surface area contributed by atoms with Crippen LogP contribution in [0.25, 0.3) is 0 Å². The topological polar surface area (TPSA) is 58.6 Å². The molecule has 5 heteroatoms. The van der Waals surface area contributed by atoms with E-state index in [4.69, 9.17) is 4.74 Å². The smallest absolute Gasteiger partial charge is 0.227 e. The molecule has 0 aromatic heterocycles. The van der Waals surface area contributed by atoms with Crippen molar-refractivity contribution in [3.63, 3.8) is 0 Å². The summed E-state index contributed by atoms with van der Waals surface area (Å²) in [6.45, 7) is 6.01. The Labute approximate surface area is 173 Å². The first-order valence-corrected chi connectivity index (χ1v) is 10.4. The SMILES string of the molecule is Cc1ccc(C)c(OCCCCC(=O)NCc2ccc(N3CCCC3=O)cc2)c1. The zero-order valence-electron chi connectivity index (χ0n) is 17.4. The molecule has 1 aliphatic heterocycles. The van der Waals surface area contributed by atoms with Crippen LogP contribution in [-0.2, 0) is 16.1 Å². The molecule has 5 nitrogen and oxygen atoms in total. The first-order valence-electron chi connectivity index (χ1n) is 10.4. The highest BCUT2D eigenvalue weighted by Crippen LogP contribution is 2.22. The van der Waals surface area contributed by atoms with Crippen molar-refractivity contribution in [2.45, 2.75) is 52.5 Å². The van der Waals surface area contributed by atoms with Crippen molar-refractivity contribution in [2.75, 3.05) is 18.1 Å². The van der Waals surface area contributed by atoms with E-state index in [0.717, 1.165) is 48.4 Å². The van der Waals surface area contributed by atoms with E-state index in [1.165, 1.54) is 5.56 Å². The van der Waals surface area contributed by atoms with Gasteiger partial charge in [0.2, 0.25) is 11.8 Å². The van der Waals surface area contributed by atoms with Crippen LogP contribution in [0, 0.1) is 13.8 Å². The first kappa shape index (κ1) is 20.9. The number of nitrogens with one attached hydrogen (secondary N) is 1. The maximum atomic E-state index is 12.1. The Bertz CT molecular complexity index is 846. The van der Waals surface area contributed by atoms with Crippen molar-refractivity contribution in [1.82, 2.24) is 5.32 Å². The summed E-state index contributed by atoms with van der Waals surface area (Å²) in [5, 5.41) is 2.96. The quantitative estimate of drug-likeness (QED) is 0.645. The van der Waals surface area contributed by atoms with E-state index in [1.807, 2.05) is 42.2 Å². The van der Waals surface area contributed by atoms with Gasteiger partial charge in [-0.05, 0) is 68.0 Å². The fourth-order valence-electron chi connectivity index (χ4n) is 3.44. The summed E-state index contributed by atoms with van der Waals surface area (Å²) in [4.78, 5) is 25.7. The van der Waals surface area contributed by atoms with E-state index < -0.39 is 0 Å². The van der Waals surface area contributed by atoms with Gasteiger partial charge >= 0.3 is 0 Å². The van der Waals surface area contributed by atoms with Crippen LogP contribution < -0.4 is 15.0 Å². The zero-order chi connectivity index (χ0) is 20.6. The molecule has 1 N–H and O–H groups in total. The van der Waals surface area contributed by atoms with E-state index in [1.54, 1.807) is 0 Å². The molecular weight excluding hydrogens is 364 g/mol. The van der Waals surface area contributed by atoms with Gasteiger partial charge in [-0.1, -0.05) is 24.3 Å². The second-order valence-electron chi connectivity index (χ2n) is 7.67. The van der Waals surface area contributed by atoms with Crippen LogP contribution in [0.15, 0.2) is 42.5 Å². The second-order valence-corrected chi connectivity index (χ2v) is 7.67. The molecule has 0 atom stereocenters. The molecule has 154 valence electrons. The van der Waals surface area contributed by atoms with Gasteiger partial charge in [0.1, 0.15) is 5.75 Å². The highest BCUT2D eigenvalue weighted by molar-refractivity contribution is 5.95. The van der Waals surface area contributed by atoms with Crippen molar-refractivity contribution < 1.29 is 14.3 Å². The van der Waals surface area contributed by atoms with E-state index >= 15 is 0 Å². The van der Waals surface area contributed by atoms with Crippen LogP contribution in [0.5, 0.6) is 5.75 Å². The number of carbonyl (C=O) groups is 2. The standard InChI is InChI=1S/C24H30N2O3/c1-18-8-9-19(2)22(16-18)29-15-4-3-6-23(27)25-17-20-10-12-21(13-11-20)26-14-5-7-24(26)28/h8-13,16H,3-7,14-15,17H2,1-2H3,(H,25,27). The Balaban J connectivity index is 1.32. The van der Waals surface area contributed by atoms with E-state index in [2.05, 4.69) is 24.4 Å². The Morgan fingerprint density at radius 2 is 1.90 bits per heavy atom. The van der Waals surface area contributed by atoms with Crippen LogP contribution >= 0.6 is 0 Å². The molecule has 0 unspecified atom stereocenters. The average Bonchev–Trinajstić information content (AvgIpc) is 3.15. The summed E-state index contributed by atoms with van der Waals surface area (Å²) in [5.74, 6) is 1.16. The Morgan fingerprint density at radius 3 is 2.62 bits per heavy atom. The van der Waals surface area contributed by atoms with Crippen LogP contribution in [0.3, 0.4) is 0 Å². The summed E-state index contributed by atoms with van der Waals surface area (Å²) < 4.78 is 5.83. The highest BCUT2D eigenvalue weighted by Gasteiger charge is 2.21. The molecule has 2 amide bonds. The maximum Gasteiger partial charge on any atom is 0.227 e. The lowest BCUT2D eigenvalue weighted by Crippen LogP contribution is -2.24. The molecule has 0 spiro atoms. The summed E-state index contributed by atoms with van der Waals surface area (Å²) in [7, 11) is 0. The minimum absolute atomic E-state index is 0.0514. The van der Waals surface area contributed by atoms with E-state index in [9.17, 15) is 9.59 Å².